The lowest BCUT2D eigenvalue weighted by Gasteiger charge is -2.37. The molecule has 1 unspecified atom stereocenters. The summed E-state index contributed by atoms with van der Waals surface area (Å²) in [6.45, 7) is 9.17. The van der Waals surface area contributed by atoms with E-state index in [-0.39, 0.29) is 12.4 Å². The Bertz CT molecular complexity index is 515. The fourth-order valence-electron chi connectivity index (χ4n) is 3.82. The van der Waals surface area contributed by atoms with Crippen molar-refractivity contribution in [2.75, 3.05) is 60.0 Å². The van der Waals surface area contributed by atoms with E-state index in [4.69, 9.17) is 9.47 Å². The molecule has 2 aliphatic rings. The third kappa shape index (κ3) is 5.74. The first-order valence-corrected chi connectivity index (χ1v) is 9.15. The number of hydrogen-bond donors (Lipinski definition) is 1. The molecule has 2 fully saturated rings. The van der Waals surface area contributed by atoms with Gasteiger partial charge in [0.1, 0.15) is 11.5 Å². The van der Waals surface area contributed by atoms with Gasteiger partial charge in [-0.15, -0.1) is 12.4 Å². The molecule has 0 aromatic heterocycles. The van der Waals surface area contributed by atoms with Crippen LogP contribution in [0.5, 0.6) is 11.5 Å². The summed E-state index contributed by atoms with van der Waals surface area (Å²) < 4.78 is 10.9. The number of methoxy groups -OCH3 is 2. The highest BCUT2D eigenvalue weighted by Gasteiger charge is 2.22. The van der Waals surface area contributed by atoms with Crippen LogP contribution in [-0.4, -0.2) is 69.8 Å². The minimum absolute atomic E-state index is 0. The van der Waals surface area contributed by atoms with Crippen LogP contribution >= 0.6 is 12.4 Å². The Kier molecular flexibility index (Phi) is 8.30. The van der Waals surface area contributed by atoms with Crippen LogP contribution < -0.4 is 14.8 Å². The summed E-state index contributed by atoms with van der Waals surface area (Å²) >= 11 is 0. The van der Waals surface area contributed by atoms with Gasteiger partial charge in [-0.2, -0.15) is 0 Å². The lowest BCUT2D eigenvalue weighted by Crippen LogP contribution is -2.48. The van der Waals surface area contributed by atoms with Gasteiger partial charge in [0, 0.05) is 44.8 Å². The average Bonchev–Trinajstić information content (AvgIpc) is 2.64. The SMILES string of the molecule is COc1ccc(OC)c(CN2CCN(CC3CCCNC3)CC2)c1.Cl. The van der Waals surface area contributed by atoms with Crippen LogP contribution in [0.15, 0.2) is 18.2 Å². The maximum atomic E-state index is 5.51. The molecule has 0 radical (unpaired) electrons. The van der Waals surface area contributed by atoms with E-state index >= 15 is 0 Å². The van der Waals surface area contributed by atoms with Gasteiger partial charge in [0.25, 0.3) is 0 Å². The van der Waals surface area contributed by atoms with Gasteiger partial charge in [-0.05, 0) is 50.0 Å². The first-order chi connectivity index (χ1) is 11.8. The first-order valence-electron chi connectivity index (χ1n) is 9.15. The van der Waals surface area contributed by atoms with E-state index in [1.165, 1.54) is 51.1 Å². The number of rotatable bonds is 6. The van der Waals surface area contributed by atoms with E-state index in [1.807, 2.05) is 12.1 Å². The van der Waals surface area contributed by atoms with Crippen molar-refractivity contribution >= 4 is 12.4 Å². The van der Waals surface area contributed by atoms with Gasteiger partial charge in [0.2, 0.25) is 0 Å². The number of piperazine rings is 1. The predicted molar refractivity (Wildman–Crippen MR) is 104 cm³/mol. The lowest BCUT2D eigenvalue weighted by molar-refractivity contribution is 0.107. The number of piperidine rings is 1. The molecule has 6 heteroatoms. The molecule has 1 aromatic rings. The Balaban J connectivity index is 0.00000225. The third-order valence-corrected chi connectivity index (χ3v) is 5.26. The highest BCUT2D eigenvalue weighted by molar-refractivity contribution is 5.85. The van der Waals surface area contributed by atoms with Gasteiger partial charge < -0.3 is 19.7 Å². The number of hydrogen-bond acceptors (Lipinski definition) is 5. The second-order valence-corrected chi connectivity index (χ2v) is 6.97. The van der Waals surface area contributed by atoms with E-state index < -0.39 is 0 Å². The fraction of sp³-hybridized carbons (Fsp3) is 0.684. The molecule has 142 valence electrons. The second kappa shape index (κ2) is 10.2. The van der Waals surface area contributed by atoms with E-state index in [2.05, 4.69) is 21.2 Å². The molecular formula is C19H32ClN3O2. The summed E-state index contributed by atoms with van der Waals surface area (Å²) in [5.74, 6) is 2.68. The summed E-state index contributed by atoms with van der Waals surface area (Å²) in [5.41, 5.74) is 1.21. The zero-order valence-corrected chi connectivity index (χ0v) is 16.3. The fourth-order valence-corrected chi connectivity index (χ4v) is 3.82. The van der Waals surface area contributed by atoms with Gasteiger partial charge >= 0.3 is 0 Å². The molecule has 2 aliphatic heterocycles. The average molecular weight is 370 g/mol. The number of nitrogens with one attached hydrogen (secondary N) is 1. The van der Waals surface area contributed by atoms with Crippen molar-refractivity contribution in [1.29, 1.82) is 0 Å². The molecule has 25 heavy (non-hydrogen) atoms. The van der Waals surface area contributed by atoms with Gasteiger partial charge in [-0.1, -0.05) is 0 Å². The monoisotopic (exact) mass is 369 g/mol. The van der Waals surface area contributed by atoms with Crippen molar-refractivity contribution in [1.82, 2.24) is 15.1 Å². The Morgan fingerprint density at radius 2 is 1.84 bits per heavy atom. The maximum Gasteiger partial charge on any atom is 0.123 e. The van der Waals surface area contributed by atoms with Crippen molar-refractivity contribution in [2.24, 2.45) is 5.92 Å². The molecule has 3 rings (SSSR count). The minimum Gasteiger partial charge on any atom is -0.497 e. The molecule has 2 saturated heterocycles. The zero-order chi connectivity index (χ0) is 16.8. The molecule has 0 aliphatic carbocycles. The molecule has 5 nitrogen and oxygen atoms in total. The van der Waals surface area contributed by atoms with Gasteiger partial charge in [0.15, 0.2) is 0 Å². The van der Waals surface area contributed by atoms with Crippen LogP contribution in [0.1, 0.15) is 18.4 Å². The van der Waals surface area contributed by atoms with E-state index in [0.717, 1.165) is 37.1 Å². The molecule has 0 bridgehead atoms. The van der Waals surface area contributed by atoms with Crippen molar-refractivity contribution in [3.8, 4) is 11.5 Å². The smallest absolute Gasteiger partial charge is 0.123 e. The van der Waals surface area contributed by atoms with Crippen LogP contribution in [0.2, 0.25) is 0 Å². The number of halogens is 1. The molecular weight excluding hydrogens is 338 g/mol. The van der Waals surface area contributed by atoms with Crippen LogP contribution in [0, 0.1) is 5.92 Å². The molecule has 1 aromatic carbocycles. The minimum atomic E-state index is 0. The Morgan fingerprint density at radius 3 is 2.48 bits per heavy atom. The van der Waals surface area contributed by atoms with Gasteiger partial charge in [-0.25, -0.2) is 0 Å². The maximum absolute atomic E-state index is 5.51. The topological polar surface area (TPSA) is 37.0 Å². The van der Waals surface area contributed by atoms with Crippen molar-refractivity contribution in [2.45, 2.75) is 19.4 Å². The molecule has 1 atom stereocenters. The Morgan fingerprint density at radius 1 is 1.08 bits per heavy atom. The van der Waals surface area contributed by atoms with Crippen LogP contribution in [-0.2, 0) is 6.54 Å². The molecule has 2 heterocycles. The highest BCUT2D eigenvalue weighted by Crippen LogP contribution is 2.25. The summed E-state index contributed by atoms with van der Waals surface area (Å²) in [6.07, 6.45) is 2.72. The second-order valence-electron chi connectivity index (χ2n) is 6.97. The molecule has 0 amide bonds. The zero-order valence-electron chi connectivity index (χ0n) is 15.5. The van der Waals surface area contributed by atoms with E-state index in [1.54, 1.807) is 14.2 Å². The number of ether oxygens (including phenoxy) is 2. The third-order valence-electron chi connectivity index (χ3n) is 5.26. The standard InChI is InChI=1S/C19H31N3O2.ClH/c1-23-18-5-6-19(24-2)17(12-18)15-22-10-8-21(9-11-22)14-16-4-3-7-20-13-16;/h5-6,12,16,20H,3-4,7-11,13-15H2,1-2H3;1H. The number of nitrogens with zero attached hydrogens (tertiary/aromatic N) is 2. The normalized spacial score (nSPS) is 22.2. The Hall–Kier alpha value is -1.01. The predicted octanol–water partition coefficient (Wildman–Crippen LogP) is 2.24. The van der Waals surface area contributed by atoms with Crippen LogP contribution in [0.25, 0.3) is 0 Å². The van der Waals surface area contributed by atoms with E-state index in [9.17, 15) is 0 Å². The van der Waals surface area contributed by atoms with Gasteiger partial charge in [0.05, 0.1) is 14.2 Å². The van der Waals surface area contributed by atoms with Crippen LogP contribution in [0.3, 0.4) is 0 Å². The summed E-state index contributed by atoms with van der Waals surface area (Å²) in [7, 11) is 3.45. The Labute approximate surface area is 158 Å². The van der Waals surface area contributed by atoms with Crippen molar-refractivity contribution < 1.29 is 9.47 Å². The van der Waals surface area contributed by atoms with Crippen molar-refractivity contribution in [3.05, 3.63) is 23.8 Å². The summed E-state index contributed by atoms with van der Waals surface area (Å²) in [4.78, 5) is 5.16. The van der Waals surface area contributed by atoms with Crippen LogP contribution in [0.4, 0.5) is 0 Å². The van der Waals surface area contributed by atoms with E-state index in [0.29, 0.717) is 0 Å². The summed E-state index contributed by atoms with van der Waals surface area (Å²) in [5, 5.41) is 3.53. The summed E-state index contributed by atoms with van der Waals surface area (Å²) in [6, 6.07) is 6.05. The molecule has 0 spiro atoms. The first kappa shape index (κ1) is 20.3. The largest absolute Gasteiger partial charge is 0.497 e. The molecule has 0 saturated carbocycles. The quantitative estimate of drug-likeness (QED) is 0.832. The highest BCUT2D eigenvalue weighted by atomic mass is 35.5. The van der Waals surface area contributed by atoms with Gasteiger partial charge in [-0.3, -0.25) is 4.90 Å². The number of benzene rings is 1. The lowest BCUT2D eigenvalue weighted by atomic mass is 9.99. The molecule has 1 N–H and O–H groups in total. The van der Waals surface area contributed by atoms with Crippen molar-refractivity contribution in [3.63, 3.8) is 0 Å².